The van der Waals surface area contributed by atoms with Gasteiger partial charge in [0.15, 0.2) is 5.82 Å². The molecule has 1 N–H and O–H groups in total. The summed E-state index contributed by atoms with van der Waals surface area (Å²) in [4.78, 5) is 16.4. The van der Waals surface area contributed by atoms with Gasteiger partial charge in [-0.2, -0.15) is 0 Å². The first-order chi connectivity index (χ1) is 10.2. The van der Waals surface area contributed by atoms with Crippen molar-refractivity contribution >= 4 is 28.4 Å². The Kier molecular flexibility index (Phi) is 3.51. The maximum atomic E-state index is 11.9. The van der Waals surface area contributed by atoms with Crippen molar-refractivity contribution in [2.75, 3.05) is 5.32 Å². The molecule has 0 atom stereocenters. The lowest BCUT2D eigenvalue weighted by Gasteiger charge is -2.08. The molecule has 2 aromatic heterocycles. The molecule has 0 aliphatic rings. The number of amides is 1. The second-order valence-electron chi connectivity index (χ2n) is 4.88. The first kappa shape index (κ1) is 13.5. The third-order valence-corrected chi connectivity index (χ3v) is 3.35. The Morgan fingerprint density at radius 2 is 2.05 bits per heavy atom. The van der Waals surface area contributed by atoms with Gasteiger partial charge in [0.05, 0.1) is 11.0 Å². The van der Waals surface area contributed by atoms with Crippen LogP contribution in [0, 0.1) is 0 Å². The van der Waals surface area contributed by atoms with E-state index in [2.05, 4.69) is 20.5 Å². The predicted molar refractivity (Wildman–Crippen MR) is 81.2 cm³/mol. The van der Waals surface area contributed by atoms with Crippen LogP contribution in [0.1, 0.15) is 32.5 Å². The monoisotopic (exact) mass is 283 g/mol. The SMILES string of the molecule is CCCC(=O)Nc1nc2ccccc2n2c(CC)nnc12. The third-order valence-electron chi connectivity index (χ3n) is 3.35. The molecule has 0 unspecified atom stereocenters. The number of aryl methyl sites for hydroxylation is 1. The Bertz CT molecular complexity index is 808. The highest BCUT2D eigenvalue weighted by atomic mass is 16.1. The van der Waals surface area contributed by atoms with Crippen molar-refractivity contribution < 1.29 is 4.79 Å². The van der Waals surface area contributed by atoms with Crippen molar-refractivity contribution in [3.63, 3.8) is 0 Å². The average Bonchev–Trinajstić information content (AvgIpc) is 2.92. The van der Waals surface area contributed by atoms with E-state index in [0.717, 1.165) is 29.7 Å². The van der Waals surface area contributed by atoms with Crippen LogP contribution in [0.25, 0.3) is 16.7 Å². The molecular formula is C15H17N5O. The second kappa shape index (κ2) is 5.47. The topological polar surface area (TPSA) is 72.2 Å². The quantitative estimate of drug-likeness (QED) is 0.798. The molecule has 6 nitrogen and oxygen atoms in total. The maximum Gasteiger partial charge on any atom is 0.225 e. The zero-order chi connectivity index (χ0) is 14.8. The molecule has 6 heteroatoms. The zero-order valence-corrected chi connectivity index (χ0v) is 12.1. The summed E-state index contributed by atoms with van der Waals surface area (Å²) in [6.07, 6.45) is 2.02. The van der Waals surface area contributed by atoms with Gasteiger partial charge in [-0.15, -0.1) is 10.2 Å². The minimum absolute atomic E-state index is 0.0526. The van der Waals surface area contributed by atoms with Gasteiger partial charge in [0.1, 0.15) is 5.82 Å². The standard InChI is InChI=1S/C15H17N5O/c1-3-7-13(21)17-14-15-19-18-12(4-2)20(15)11-9-6-5-8-10(11)16-14/h5-6,8-9H,3-4,7H2,1-2H3,(H,16,17,21). The molecule has 0 fully saturated rings. The fraction of sp³-hybridized carbons (Fsp3) is 0.333. The molecule has 0 bridgehead atoms. The largest absolute Gasteiger partial charge is 0.307 e. The number of rotatable bonds is 4. The van der Waals surface area contributed by atoms with E-state index < -0.39 is 0 Å². The maximum absolute atomic E-state index is 11.9. The number of nitrogens with zero attached hydrogens (tertiary/aromatic N) is 4. The highest BCUT2D eigenvalue weighted by molar-refractivity contribution is 5.95. The number of aromatic nitrogens is 4. The van der Waals surface area contributed by atoms with Crippen LogP contribution in [0.5, 0.6) is 0 Å². The van der Waals surface area contributed by atoms with Gasteiger partial charge in [0.2, 0.25) is 11.6 Å². The van der Waals surface area contributed by atoms with Crippen LogP contribution in [0.4, 0.5) is 5.82 Å². The second-order valence-corrected chi connectivity index (χ2v) is 4.88. The highest BCUT2D eigenvalue weighted by Crippen LogP contribution is 2.22. The summed E-state index contributed by atoms with van der Waals surface area (Å²) in [5, 5.41) is 11.2. The van der Waals surface area contributed by atoms with Gasteiger partial charge in [0, 0.05) is 12.8 Å². The molecule has 0 aliphatic carbocycles. The number of para-hydroxylation sites is 2. The van der Waals surface area contributed by atoms with Crippen molar-refractivity contribution in [1.82, 2.24) is 19.6 Å². The number of anilines is 1. The first-order valence-corrected chi connectivity index (χ1v) is 7.17. The zero-order valence-electron chi connectivity index (χ0n) is 12.1. The van der Waals surface area contributed by atoms with E-state index in [0.29, 0.717) is 17.9 Å². The lowest BCUT2D eigenvalue weighted by Crippen LogP contribution is -2.13. The van der Waals surface area contributed by atoms with Crippen LogP contribution in [-0.4, -0.2) is 25.5 Å². The highest BCUT2D eigenvalue weighted by Gasteiger charge is 2.15. The summed E-state index contributed by atoms with van der Waals surface area (Å²) in [6, 6.07) is 7.78. The third kappa shape index (κ3) is 2.33. The molecule has 0 spiro atoms. The predicted octanol–water partition coefficient (Wildman–Crippen LogP) is 2.58. The number of benzene rings is 1. The number of hydrogen-bond acceptors (Lipinski definition) is 4. The minimum Gasteiger partial charge on any atom is -0.307 e. The van der Waals surface area contributed by atoms with Crippen LogP contribution in [0.3, 0.4) is 0 Å². The van der Waals surface area contributed by atoms with Gasteiger partial charge < -0.3 is 5.32 Å². The van der Waals surface area contributed by atoms with Gasteiger partial charge in [-0.05, 0) is 18.6 Å². The van der Waals surface area contributed by atoms with Crippen molar-refractivity contribution in [3.05, 3.63) is 30.1 Å². The molecule has 0 radical (unpaired) electrons. The normalized spacial score (nSPS) is 11.1. The fourth-order valence-corrected chi connectivity index (χ4v) is 2.38. The van der Waals surface area contributed by atoms with E-state index in [1.165, 1.54) is 0 Å². The van der Waals surface area contributed by atoms with Crippen LogP contribution in [0.15, 0.2) is 24.3 Å². The summed E-state index contributed by atoms with van der Waals surface area (Å²) >= 11 is 0. The Morgan fingerprint density at radius 3 is 2.81 bits per heavy atom. The smallest absolute Gasteiger partial charge is 0.225 e. The van der Waals surface area contributed by atoms with E-state index in [1.807, 2.05) is 42.5 Å². The molecule has 1 aromatic carbocycles. The molecular weight excluding hydrogens is 266 g/mol. The average molecular weight is 283 g/mol. The molecule has 0 aliphatic heterocycles. The molecule has 108 valence electrons. The summed E-state index contributed by atoms with van der Waals surface area (Å²) in [7, 11) is 0. The summed E-state index contributed by atoms with van der Waals surface area (Å²) in [6.45, 7) is 4.00. The Balaban J connectivity index is 2.23. The molecule has 0 saturated heterocycles. The van der Waals surface area contributed by atoms with Crippen LogP contribution < -0.4 is 5.32 Å². The van der Waals surface area contributed by atoms with Crippen molar-refractivity contribution in [3.8, 4) is 0 Å². The number of carbonyl (C=O) groups excluding carboxylic acids is 1. The number of fused-ring (bicyclic) bond motifs is 3. The van der Waals surface area contributed by atoms with Crippen molar-refractivity contribution in [1.29, 1.82) is 0 Å². The van der Waals surface area contributed by atoms with E-state index in [1.54, 1.807) is 0 Å². The van der Waals surface area contributed by atoms with Gasteiger partial charge in [-0.25, -0.2) is 4.98 Å². The number of hydrogen-bond donors (Lipinski definition) is 1. The lowest BCUT2D eigenvalue weighted by atomic mass is 10.3. The van der Waals surface area contributed by atoms with E-state index in [9.17, 15) is 4.79 Å². The Labute approximate surface area is 122 Å². The molecule has 0 saturated carbocycles. The van der Waals surface area contributed by atoms with E-state index in [4.69, 9.17) is 0 Å². The van der Waals surface area contributed by atoms with Crippen molar-refractivity contribution in [2.45, 2.75) is 33.1 Å². The minimum atomic E-state index is -0.0526. The molecule has 21 heavy (non-hydrogen) atoms. The van der Waals surface area contributed by atoms with Crippen LogP contribution in [-0.2, 0) is 11.2 Å². The van der Waals surface area contributed by atoms with Gasteiger partial charge in [-0.1, -0.05) is 26.0 Å². The van der Waals surface area contributed by atoms with Crippen molar-refractivity contribution in [2.24, 2.45) is 0 Å². The summed E-state index contributed by atoms with van der Waals surface area (Å²) < 4.78 is 1.96. The van der Waals surface area contributed by atoms with Gasteiger partial charge in [0.25, 0.3) is 0 Å². The molecule has 3 aromatic rings. The number of carbonyl (C=O) groups is 1. The summed E-state index contributed by atoms with van der Waals surface area (Å²) in [5.74, 6) is 1.28. The van der Waals surface area contributed by atoms with E-state index >= 15 is 0 Å². The Hall–Kier alpha value is -2.50. The van der Waals surface area contributed by atoms with Crippen LogP contribution in [0.2, 0.25) is 0 Å². The van der Waals surface area contributed by atoms with E-state index in [-0.39, 0.29) is 5.91 Å². The van der Waals surface area contributed by atoms with Gasteiger partial charge >= 0.3 is 0 Å². The lowest BCUT2D eigenvalue weighted by molar-refractivity contribution is -0.116. The fourth-order valence-electron chi connectivity index (χ4n) is 2.38. The molecule has 1 amide bonds. The van der Waals surface area contributed by atoms with Gasteiger partial charge in [-0.3, -0.25) is 9.20 Å². The first-order valence-electron chi connectivity index (χ1n) is 7.17. The molecule has 2 heterocycles. The number of nitrogens with one attached hydrogen (secondary N) is 1. The Morgan fingerprint density at radius 1 is 1.24 bits per heavy atom. The summed E-state index contributed by atoms with van der Waals surface area (Å²) in [5.41, 5.74) is 2.35. The molecule has 3 rings (SSSR count). The van der Waals surface area contributed by atoms with Crippen LogP contribution >= 0.6 is 0 Å².